The summed E-state index contributed by atoms with van der Waals surface area (Å²) in [7, 11) is 0. The quantitative estimate of drug-likeness (QED) is 0.806. The summed E-state index contributed by atoms with van der Waals surface area (Å²) in [4.78, 5) is 36.5. The normalized spacial score (nSPS) is 21.6. The van der Waals surface area contributed by atoms with Gasteiger partial charge in [0, 0.05) is 12.3 Å². The van der Waals surface area contributed by atoms with E-state index in [9.17, 15) is 19.5 Å². The number of aliphatic carboxylic acids is 1. The number of carboxylic acids is 1. The van der Waals surface area contributed by atoms with E-state index in [0.717, 1.165) is 10.5 Å². The third-order valence-corrected chi connectivity index (χ3v) is 3.83. The molecule has 2 amide bonds. The van der Waals surface area contributed by atoms with Crippen LogP contribution in [0.15, 0.2) is 30.3 Å². The second kappa shape index (κ2) is 6.76. The molecular weight excluding hydrogens is 290 g/mol. The van der Waals surface area contributed by atoms with Crippen molar-refractivity contribution in [2.45, 2.75) is 25.3 Å². The lowest BCUT2D eigenvalue weighted by molar-refractivity contribution is -0.154. The first kappa shape index (κ1) is 15.6. The summed E-state index contributed by atoms with van der Waals surface area (Å²) >= 11 is 3.96. The van der Waals surface area contributed by atoms with E-state index in [1.54, 1.807) is 0 Å². The third kappa shape index (κ3) is 3.44. The maximum absolute atomic E-state index is 12.4. The Labute approximate surface area is 128 Å². The Balaban J connectivity index is 2.17. The van der Waals surface area contributed by atoms with Crippen LogP contribution in [0.5, 0.6) is 0 Å². The molecule has 2 atom stereocenters. The van der Waals surface area contributed by atoms with Crippen molar-refractivity contribution in [3.05, 3.63) is 35.9 Å². The summed E-state index contributed by atoms with van der Waals surface area (Å²) < 4.78 is 0. The molecule has 0 aliphatic carbocycles. The minimum atomic E-state index is -1.13. The van der Waals surface area contributed by atoms with Crippen LogP contribution in [-0.2, 0) is 20.8 Å². The number of carbonyl (C=O) groups excluding carboxylic acids is 2. The number of carboxylic acid groups (broad SMARTS) is 1. The molecule has 0 bridgehead atoms. The van der Waals surface area contributed by atoms with Gasteiger partial charge in [-0.2, -0.15) is 12.6 Å². The molecule has 5 nitrogen and oxygen atoms in total. The van der Waals surface area contributed by atoms with Crippen molar-refractivity contribution in [3.63, 3.8) is 0 Å². The minimum Gasteiger partial charge on any atom is -0.480 e. The molecule has 21 heavy (non-hydrogen) atoms. The Morgan fingerprint density at radius 2 is 1.95 bits per heavy atom. The highest BCUT2D eigenvalue weighted by Crippen LogP contribution is 2.28. The first-order chi connectivity index (χ1) is 10.0. The van der Waals surface area contributed by atoms with Crippen LogP contribution >= 0.6 is 12.6 Å². The maximum Gasteiger partial charge on any atom is 0.326 e. The van der Waals surface area contributed by atoms with Crippen LogP contribution in [0.2, 0.25) is 0 Å². The Hall–Kier alpha value is -1.82. The Bertz CT molecular complexity index is 546. The number of amides is 2. The summed E-state index contributed by atoms with van der Waals surface area (Å²) in [5.74, 6) is -2.15. The van der Waals surface area contributed by atoms with Gasteiger partial charge in [-0.1, -0.05) is 30.3 Å². The molecule has 0 aromatic heterocycles. The van der Waals surface area contributed by atoms with Gasteiger partial charge in [0.25, 0.3) is 0 Å². The summed E-state index contributed by atoms with van der Waals surface area (Å²) in [6.07, 6.45) is 0.687. The summed E-state index contributed by atoms with van der Waals surface area (Å²) in [5.41, 5.74) is 0.962. The van der Waals surface area contributed by atoms with Crippen molar-refractivity contribution in [1.29, 1.82) is 0 Å². The fourth-order valence-electron chi connectivity index (χ4n) is 2.62. The fraction of sp³-hybridized carbons (Fsp3) is 0.400. The molecule has 0 saturated carbocycles. The van der Waals surface area contributed by atoms with Gasteiger partial charge < -0.3 is 5.11 Å². The van der Waals surface area contributed by atoms with E-state index in [2.05, 4.69) is 12.6 Å². The molecule has 1 saturated heterocycles. The third-order valence-electron chi connectivity index (χ3n) is 3.61. The van der Waals surface area contributed by atoms with Gasteiger partial charge in [-0.15, -0.1) is 0 Å². The number of rotatable bonds is 5. The molecule has 1 N–H and O–H groups in total. The van der Waals surface area contributed by atoms with Crippen LogP contribution in [0, 0.1) is 5.92 Å². The monoisotopic (exact) mass is 307 g/mol. The van der Waals surface area contributed by atoms with Crippen LogP contribution in [-0.4, -0.2) is 39.6 Å². The van der Waals surface area contributed by atoms with Gasteiger partial charge in [-0.05, 0) is 24.2 Å². The van der Waals surface area contributed by atoms with Crippen LogP contribution in [0.25, 0.3) is 0 Å². The summed E-state index contributed by atoms with van der Waals surface area (Å²) in [5, 5.41) is 9.24. The van der Waals surface area contributed by atoms with Gasteiger partial charge in [0.05, 0.1) is 0 Å². The number of hydrogen-bond donors (Lipinski definition) is 2. The molecule has 1 aromatic carbocycles. The SMILES string of the molecule is O=C(O)[C@@H]1C[C@H](Cc2ccccc2)C(=O)N1C(=O)CCS. The van der Waals surface area contributed by atoms with E-state index in [4.69, 9.17) is 0 Å². The molecule has 1 aromatic rings. The summed E-state index contributed by atoms with van der Waals surface area (Å²) in [6.45, 7) is 0. The molecule has 0 spiro atoms. The topological polar surface area (TPSA) is 74.7 Å². The molecule has 112 valence electrons. The van der Waals surface area contributed by atoms with Gasteiger partial charge in [-0.3, -0.25) is 14.5 Å². The van der Waals surface area contributed by atoms with E-state index in [1.165, 1.54) is 0 Å². The largest absolute Gasteiger partial charge is 0.480 e. The van der Waals surface area contributed by atoms with E-state index in [0.29, 0.717) is 6.42 Å². The average Bonchev–Trinajstić information content (AvgIpc) is 2.78. The number of likely N-dealkylation sites (tertiary alicyclic amines) is 1. The van der Waals surface area contributed by atoms with Crippen LogP contribution in [0.1, 0.15) is 18.4 Å². The predicted molar refractivity (Wildman–Crippen MR) is 80.0 cm³/mol. The maximum atomic E-state index is 12.4. The number of hydrogen-bond acceptors (Lipinski definition) is 4. The van der Waals surface area contributed by atoms with Gasteiger partial charge in [-0.25, -0.2) is 4.79 Å². The molecule has 0 radical (unpaired) electrons. The van der Waals surface area contributed by atoms with Crippen molar-refractivity contribution in [1.82, 2.24) is 4.90 Å². The zero-order valence-corrected chi connectivity index (χ0v) is 12.3. The van der Waals surface area contributed by atoms with Crippen molar-refractivity contribution in [3.8, 4) is 0 Å². The Kier molecular flexibility index (Phi) is 5.01. The highest BCUT2D eigenvalue weighted by molar-refractivity contribution is 7.80. The van der Waals surface area contributed by atoms with Crippen molar-refractivity contribution < 1.29 is 19.5 Å². The second-order valence-corrected chi connectivity index (χ2v) is 5.50. The van der Waals surface area contributed by atoms with Crippen molar-refractivity contribution >= 4 is 30.4 Å². The number of thiol groups is 1. The first-order valence-electron chi connectivity index (χ1n) is 6.78. The van der Waals surface area contributed by atoms with Crippen molar-refractivity contribution in [2.24, 2.45) is 5.92 Å². The second-order valence-electron chi connectivity index (χ2n) is 5.05. The van der Waals surface area contributed by atoms with Gasteiger partial charge in [0.15, 0.2) is 0 Å². The van der Waals surface area contributed by atoms with Crippen LogP contribution < -0.4 is 0 Å². The van der Waals surface area contributed by atoms with Crippen LogP contribution in [0.3, 0.4) is 0 Å². The molecule has 6 heteroatoms. The zero-order valence-electron chi connectivity index (χ0n) is 11.4. The smallest absolute Gasteiger partial charge is 0.326 e. The minimum absolute atomic E-state index is 0.0662. The molecule has 1 fully saturated rings. The molecular formula is C15H17NO4S. The number of benzene rings is 1. The lowest BCUT2D eigenvalue weighted by Crippen LogP contribution is -2.43. The van der Waals surface area contributed by atoms with Gasteiger partial charge in [0.1, 0.15) is 6.04 Å². The highest BCUT2D eigenvalue weighted by Gasteiger charge is 2.45. The standard InChI is InChI=1S/C15H17NO4S/c17-13(6-7-21)16-12(15(19)20)9-11(14(16)18)8-10-4-2-1-3-5-10/h1-5,11-12,21H,6-9H2,(H,19,20)/t11-,12-/m0/s1. The molecule has 1 heterocycles. The predicted octanol–water partition coefficient (Wildman–Crippen LogP) is 1.38. The number of nitrogens with zero attached hydrogens (tertiary/aromatic N) is 1. The van der Waals surface area contributed by atoms with E-state index < -0.39 is 29.7 Å². The number of carbonyl (C=O) groups is 3. The fourth-order valence-corrected chi connectivity index (χ4v) is 2.81. The molecule has 1 aliphatic rings. The highest BCUT2D eigenvalue weighted by atomic mass is 32.1. The lowest BCUT2D eigenvalue weighted by atomic mass is 9.96. The first-order valence-corrected chi connectivity index (χ1v) is 7.41. The van der Waals surface area contributed by atoms with E-state index >= 15 is 0 Å². The molecule has 2 rings (SSSR count). The van der Waals surface area contributed by atoms with Crippen LogP contribution in [0.4, 0.5) is 0 Å². The van der Waals surface area contributed by atoms with E-state index in [1.807, 2.05) is 30.3 Å². The van der Waals surface area contributed by atoms with Gasteiger partial charge >= 0.3 is 5.97 Å². The average molecular weight is 307 g/mol. The zero-order chi connectivity index (χ0) is 15.4. The Morgan fingerprint density at radius 1 is 1.29 bits per heavy atom. The summed E-state index contributed by atoms with van der Waals surface area (Å²) in [6, 6.07) is 8.34. The van der Waals surface area contributed by atoms with Crippen molar-refractivity contribution in [2.75, 3.05) is 5.75 Å². The number of imide groups is 1. The Morgan fingerprint density at radius 3 is 2.52 bits per heavy atom. The molecule has 0 unspecified atom stereocenters. The molecule has 1 aliphatic heterocycles. The van der Waals surface area contributed by atoms with Gasteiger partial charge in [0.2, 0.25) is 11.8 Å². The lowest BCUT2D eigenvalue weighted by Gasteiger charge is -2.19. The van der Waals surface area contributed by atoms with E-state index in [-0.39, 0.29) is 18.6 Å².